The number of ether oxygens (including phenoxy) is 2. The van der Waals surface area contributed by atoms with E-state index in [1.165, 1.54) is 0 Å². The molecule has 1 aromatic rings. The molecule has 0 saturated carbocycles. The van der Waals surface area contributed by atoms with E-state index in [4.69, 9.17) is 13.9 Å². The van der Waals surface area contributed by atoms with Crippen molar-refractivity contribution in [3.8, 4) is 0 Å². The smallest absolute Gasteiger partial charge is 0.234 e. The van der Waals surface area contributed by atoms with Crippen molar-refractivity contribution < 1.29 is 22.3 Å². The lowest BCUT2D eigenvalue weighted by Gasteiger charge is -2.17. The molecule has 0 spiro atoms. The first kappa shape index (κ1) is 19.0. The number of nitrogens with one attached hydrogen (secondary N) is 1. The predicted molar refractivity (Wildman–Crippen MR) is 80.8 cm³/mol. The van der Waals surface area contributed by atoms with Gasteiger partial charge in [0.2, 0.25) is 21.8 Å². The SMILES string of the molecule is COCCOCCS(=O)(=O)NC(CC(C)C)c1nnc(C)o1. The van der Waals surface area contributed by atoms with Crippen molar-refractivity contribution in [3.63, 3.8) is 0 Å². The Bertz CT molecular complexity index is 530. The standard InChI is InChI=1S/C13H25N3O5S/c1-10(2)9-12(13-15-14-11(3)21-13)16-22(17,18)8-7-20-6-5-19-4/h10,12,16H,5-9H2,1-4H3. The van der Waals surface area contributed by atoms with E-state index in [-0.39, 0.29) is 24.2 Å². The summed E-state index contributed by atoms with van der Waals surface area (Å²) >= 11 is 0. The van der Waals surface area contributed by atoms with Crippen LogP contribution in [0.5, 0.6) is 0 Å². The zero-order chi connectivity index (χ0) is 16.6. The van der Waals surface area contributed by atoms with Gasteiger partial charge in [0, 0.05) is 14.0 Å². The Kier molecular flexibility index (Phi) is 7.94. The van der Waals surface area contributed by atoms with Gasteiger partial charge in [0.05, 0.1) is 25.6 Å². The fraction of sp³-hybridized carbons (Fsp3) is 0.846. The quantitative estimate of drug-likeness (QED) is 0.603. The number of rotatable bonds is 11. The molecule has 1 unspecified atom stereocenters. The zero-order valence-corrected chi connectivity index (χ0v) is 14.4. The highest BCUT2D eigenvalue weighted by molar-refractivity contribution is 7.89. The minimum Gasteiger partial charge on any atom is -0.424 e. The molecule has 8 nitrogen and oxygen atoms in total. The van der Waals surface area contributed by atoms with Crippen LogP contribution in [0.1, 0.15) is 38.1 Å². The number of aromatic nitrogens is 2. The molecule has 1 aromatic heterocycles. The Balaban J connectivity index is 2.60. The summed E-state index contributed by atoms with van der Waals surface area (Å²) in [5.74, 6) is 0.845. The van der Waals surface area contributed by atoms with Crippen molar-refractivity contribution in [1.29, 1.82) is 0 Å². The number of hydrogen-bond acceptors (Lipinski definition) is 7. The van der Waals surface area contributed by atoms with Crippen LogP contribution < -0.4 is 4.72 Å². The summed E-state index contributed by atoms with van der Waals surface area (Å²) in [5, 5.41) is 7.66. The van der Waals surface area contributed by atoms with E-state index in [1.807, 2.05) is 13.8 Å². The molecule has 0 aliphatic carbocycles. The summed E-state index contributed by atoms with van der Waals surface area (Å²) in [6.45, 7) is 6.57. The van der Waals surface area contributed by atoms with Crippen LogP contribution in [0.2, 0.25) is 0 Å². The number of hydrogen-bond donors (Lipinski definition) is 1. The van der Waals surface area contributed by atoms with Gasteiger partial charge in [-0.3, -0.25) is 0 Å². The minimum absolute atomic E-state index is 0.107. The molecule has 0 aliphatic rings. The van der Waals surface area contributed by atoms with E-state index in [2.05, 4.69) is 14.9 Å². The van der Waals surface area contributed by atoms with Gasteiger partial charge in [-0.1, -0.05) is 13.8 Å². The van der Waals surface area contributed by atoms with E-state index in [0.717, 1.165) is 0 Å². The van der Waals surface area contributed by atoms with Crippen LogP contribution in [0.25, 0.3) is 0 Å². The predicted octanol–water partition coefficient (Wildman–Crippen LogP) is 1.05. The fourth-order valence-electron chi connectivity index (χ4n) is 1.81. The first-order chi connectivity index (χ1) is 10.3. The molecule has 0 saturated heterocycles. The van der Waals surface area contributed by atoms with Crippen LogP contribution in [-0.4, -0.2) is 51.3 Å². The van der Waals surface area contributed by atoms with Gasteiger partial charge in [0.1, 0.15) is 6.04 Å². The van der Waals surface area contributed by atoms with Gasteiger partial charge < -0.3 is 13.9 Å². The molecular formula is C13H25N3O5S. The molecule has 0 radical (unpaired) electrons. The van der Waals surface area contributed by atoms with E-state index >= 15 is 0 Å². The van der Waals surface area contributed by atoms with Crippen molar-refractivity contribution in [2.45, 2.75) is 33.2 Å². The Morgan fingerprint density at radius 3 is 2.50 bits per heavy atom. The summed E-state index contributed by atoms with van der Waals surface area (Å²) < 4.78 is 42.2. The van der Waals surface area contributed by atoms with Crippen LogP contribution in [0.15, 0.2) is 4.42 Å². The third kappa shape index (κ3) is 7.30. The van der Waals surface area contributed by atoms with Crippen molar-refractivity contribution in [1.82, 2.24) is 14.9 Å². The molecule has 128 valence electrons. The zero-order valence-electron chi connectivity index (χ0n) is 13.5. The van der Waals surface area contributed by atoms with Gasteiger partial charge in [-0.05, 0) is 12.3 Å². The lowest BCUT2D eigenvalue weighted by molar-refractivity contribution is 0.0784. The largest absolute Gasteiger partial charge is 0.424 e. The van der Waals surface area contributed by atoms with Crippen LogP contribution in [0.4, 0.5) is 0 Å². The molecule has 0 aliphatic heterocycles. The first-order valence-corrected chi connectivity index (χ1v) is 8.86. The minimum atomic E-state index is -3.50. The maximum Gasteiger partial charge on any atom is 0.234 e. The number of aryl methyl sites for hydroxylation is 1. The molecule has 1 heterocycles. The van der Waals surface area contributed by atoms with Gasteiger partial charge in [-0.2, -0.15) is 0 Å². The summed E-state index contributed by atoms with van der Waals surface area (Å²) in [4.78, 5) is 0. The van der Waals surface area contributed by atoms with E-state index < -0.39 is 16.1 Å². The normalized spacial score (nSPS) is 13.7. The van der Waals surface area contributed by atoms with Gasteiger partial charge in [0.25, 0.3) is 0 Å². The highest BCUT2D eigenvalue weighted by Gasteiger charge is 2.24. The summed E-state index contributed by atoms with van der Waals surface area (Å²) in [7, 11) is -1.94. The molecule has 0 fully saturated rings. The lowest BCUT2D eigenvalue weighted by Crippen LogP contribution is -2.33. The average Bonchev–Trinajstić information content (AvgIpc) is 2.83. The topological polar surface area (TPSA) is 104 Å². The fourth-order valence-corrected chi connectivity index (χ4v) is 2.90. The second-order valence-electron chi connectivity index (χ2n) is 5.38. The number of sulfonamides is 1. The number of methoxy groups -OCH3 is 1. The monoisotopic (exact) mass is 335 g/mol. The third-order valence-electron chi connectivity index (χ3n) is 2.80. The second-order valence-corrected chi connectivity index (χ2v) is 7.26. The van der Waals surface area contributed by atoms with Gasteiger partial charge in [0.15, 0.2) is 0 Å². The molecule has 0 aromatic carbocycles. The lowest BCUT2D eigenvalue weighted by atomic mass is 10.0. The Labute approximate surface area is 131 Å². The van der Waals surface area contributed by atoms with Gasteiger partial charge >= 0.3 is 0 Å². The van der Waals surface area contributed by atoms with Crippen LogP contribution in [0, 0.1) is 12.8 Å². The van der Waals surface area contributed by atoms with Gasteiger partial charge in [-0.15, -0.1) is 10.2 Å². The van der Waals surface area contributed by atoms with Crippen molar-refractivity contribution in [3.05, 3.63) is 11.8 Å². The first-order valence-electron chi connectivity index (χ1n) is 7.20. The summed E-state index contributed by atoms with van der Waals surface area (Å²) in [5.41, 5.74) is 0. The molecule has 9 heteroatoms. The third-order valence-corrected chi connectivity index (χ3v) is 4.14. The highest BCUT2D eigenvalue weighted by Crippen LogP contribution is 2.21. The van der Waals surface area contributed by atoms with Crippen LogP contribution >= 0.6 is 0 Å². The van der Waals surface area contributed by atoms with Crippen LogP contribution in [0.3, 0.4) is 0 Å². The molecule has 0 bridgehead atoms. The molecule has 1 atom stereocenters. The highest BCUT2D eigenvalue weighted by atomic mass is 32.2. The van der Waals surface area contributed by atoms with E-state index in [9.17, 15) is 8.42 Å². The maximum atomic E-state index is 12.1. The van der Waals surface area contributed by atoms with E-state index in [0.29, 0.717) is 25.5 Å². The molecule has 1 rings (SSSR count). The Morgan fingerprint density at radius 1 is 1.23 bits per heavy atom. The Hall–Kier alpha value is -1.03. The molecule has 22 heavy (non-hydrogen) atoms. The second kappa shape index (κ2) is 9.19. The summed E-state index contributed by atoms with van der Waals surface area (Å²) in [6.07, 6.45) is 0.575. The van der Waals surface area contributed by atoms with Gasteiger partial charge in [-0.25, -0.2) is 13.1 Å². The van der Waals surface area contributed by atoms with Crippen molar-refractivity contribution in [2.24, 2.45) is 5.92 Å². The Morgan fingerprint density at radius 2 is 1.95 bits per heavy atom. The molecule has 0 amide bonds. The molecule has 1 N–H and O–H groups in total. The van der Waals surface area contributed by atoms with Crippen molar-refractivity contribution >= 4 is 10.0 Å². The molecular weight excluding hydrogens is 310 g/mol. The maximum absolute atomic E-state index is 12.1. The summed E-state index contributed by atoms with van der Waals surface area (Å²) in [6, 6.07) is -0.523. The number of nitrogens with zero attached hydrogens (tertiary/aromatic N) is 2. The van der Waals surface area contributed by atoms with Crippen LogP contribution in [-0.2, 0) is 19.5 Å². The van der Waals surface area contributed by atoms with E-state index in [1.54, 1.807) is 14.0 Å². The van der Waals surface area contributed by atoms with Crippen molar-refractivity contribution in [2.75, 3.05) is 32.7 Å². The average molecular weight is 335 g/mol.